The van der Waals surface area contributed by atoms with Crippen LogP contribution in [0.1, 0.15) is 0 Å². The lowest BCUT2D eigenvalue weighted by atomic mass is 10.5. The van der Waals surface area contributed by atoms with E-state index in [1.807, 2.05) is 6.07 Å². The summed E-state index contributed by atoms with van der Waals surface area (Å²) < 4.78 is 1.02. The SMILES string of the molecule is O=CNc1nc2cnccc2s1. The van der Waals surface area contributed by atoms with Gasteiger partial charge in [0.2, 0.25) is 6.41 Å². The van der Waals surface area contributed by atoms with Crippen LogP contribution in [0.25, 0.3) is 10.2 Å². The molecule has 0 aliphatic carbocycles. The molecular formula is C7H5N3OS. The van der Waals surface area contributed by atoms with E-state index in [0.29, 0.717) is 11.5 Å². The lowest BCUT2D eigenvalue weighted by Crippen LogP contribution is -1.91. The summed E-state index contributed by atoms with van der Waals surface area (Å²) in [6.07, 6.45) is 3.98. The Morgan fingerprint density at radius 1 is 1.58 bits per heavy atom. The summed E-state index contributed by atoms with van der Waals surface area (Å²) in [5.74, 6) is 0. The van der Waals surface area contributed by atoms with E-state index in [-0.39, 0.29) is 0 Å². The number of fused-ring (bicyclic) bond motifs is 1. The third kappa shape index (κ3) is 1.14. The van der Waals surface area contributed by atoms with Crippen LogP contribution >= 0.6 is 11.3 Å². The van der Waals surface area contributed by atoms with Gasteiger partial charge in [0.15, 0.2) is 5.13 Å². The molecule has 4 nitrogen and oxygen atoms in total. The molecule has 2 aromatic heterocycles. The number of anilines is 1. The van der Waals surface area contributed by atoms with E-state index in [1.54, 1.807) is 12.4 Å². The highest BCUT2D eigenvalue weighted by atomic mass is 32.1. The first-order valence-electron chi connectivity index (χ1n) is 3.31. The molecule has 0 saturated carbocycles. The lowest BCUT2D eigenvalue weighted by molar-refractivity contribution is -0.105. The predicted octanol–water partition coefficient (Wildman–Crippen LogP) is 1.26. The second-order valence-corrected chi connectivity index (χ2v) is 3.16. The Kier molecular flexibility index (Phi) is 1.71. The van der Waals surface area contributed by atoms with Gasteiger partial charge < -0.3 is 5.32 Å². The standard InChI is InChI=1S/C7H5N3OS/c11-4-9-7-10-5-3-8-2-1-6(5)12-7/h1-4H,(H,9,10,11). The van der Waals surface area contributed by atoms with Crippen molar-refractivity contribution in [2.45, 2.75) is 0 Å². The van der Waals surface area contributed by atoms with Gasteiger partial charge in [-0.1, -0.05) is 11.3 Å². The summed E-state index contributed by atoms with van der Waals surface area (Å²) in [7, 11) is 0. The first-order chi connectivity index (χ1) is 5.90. The maximum absolute atomic E-state index is 10.1. The number of pyridine rings is 1. The number of rotatable bonds is 2. The molecule has 0 bridgehead atoms. The summed E-state index contributed by atoms with van der Waals surface area (Å²) in [6, 6.07) is 1.86. The Labute approximate surface area is 72.3 Å². The molecule has 0 saturated heterocycles. The highest BCUT2D eigenvalue weighted by Crippen LogP contribution is 2.23. The number of hydrogen-bond donors (Lipinski definition) is 1. The van der Waals surface area contributed by atoms with Crippen LogP contribution in [0.2, 0.25) is 0 Å². The molecule has 12 heavy (non-hydrogen) atoms. The molecule has 1 N–H and O–H groups in total. The first kappa shape index (κ1) is 7.17. The van der Waals surface area contributed by atoms with Gasteiger partial charge in [-0.3, -0.25) is 9.78 Å². The summed E-state index contributed by atoms with van der Waals surface area (Å²) >= 11 is 1.43. The molecule has 60 valence electrons. The van der Waals surface area contributed by atoms with Crippen molar-refractivity contribution in [2.75, 3.05) is 5.32 Å². The topological polar surface area (TPSA) is 54.9 Å². The van der Waals surface area contributed by atoms with Crippen molar-refractivity contribution in [3.8, 4) is 0 Å². The monoisotopic (exact) mass is 179 g/mol. The number of thiazole rings is 1. The van der Waals surface area contributed by atoms with Gasteiger partial charge in [0.25, 0.3) is 0 Å². The molecule has 0 aliphatic heterocycles. The minimum Gasteiger partial charge on any atom is -0.305 e. The van der Waals surface area contributed by atoms with Gasteiger partial charge in [-0.25, -0.2) is 4.98 Å². The minimum atomic E-state index is 0.605. The molecule has 2 rings (SSSR count). The van der Waals surface area contributed by atoms with Crippen molar-refractivity contribution >= 4 is 33.1 Å². The van der Waals surface area contributed by atoms with Gasteiger partial charge in [0.05, 0.1) is 10.9 Å². The Balaban J connectivity index is 2.54. The summed E-state index contributed by atoms with van der Waals surface area (Å²) in [6.45, 7) is 0. The highest BCUT2D eigenvalue weighted by Gasteiger charge is 2.00. The van der Waals surface area contributed by atoms with Crippen LogP contribution in [0.5, 0.6) is 0 Å². The van der Waals surface area contributed by atoms with Crippen LogP contribution in [0.15, 0.2) is 18.5 Å². The quantitative estimate of drug-likeness (QED) is 0.706. The van der Waals surface area contributed by atoms with Crippen LogP contribution < -0.4 is 5.32 Å². The minimum absolute atomic E-state index is 0.605. The molecule has 0 atom stereocenters. The van der Waals surface area contributed by atoms with Gasteiger partial charge >= 0.3 is 0 Å². The second-order valence-electron chi connectivity index (χ2n) is 2.12. The number of aromatic nitrogens is 2. The third-order valence-corrected chi connectivity index (χ3v) is 2.34. The Hall–Kier alpha value is -1.49. The number of nitrogens with zero attached hydrogens (tertiary/aromatic N) is 2. The van der Waals surface area contributed by atoms with E-state index in [9.17, 15) is 4.79 Å². The Morgan fingerprint density at radius 3 is 3.25 bits per heavy atom. The number of amides is 1. The van der Waals surface area contributed by atoms with Crippen LogP contribution in [0.4, 0.5) is 5.13 Å². The number of nitrogens with one attached hydrogen (secondary N) is 1. The number of hydrogen-bond acceptors (Lipinski definition) is 4. The maximum Gasteiger partial charge on any atom is 0.213 e. The van der Waals surface area contributed by atoms with Crippen LogP contribution in [-0.4, -0.2) is 16.4 Å². The summed E-state index contributed by atoms with van der Waals surface area (Å²) in [5.41, 5.74) is 0.812. The normalized spacial score (nSPS) is 10.0. The molecule has 0 spiro atoms. The Bertz CT molecular complexity index is 379. The van der Waals surface area contributed by atoms with Crippen LogP contribution in [0.3, 0.4) is 0 Å². The smallest absolute Gasteiger partial charge is 0.213 e. The zero-order chi connectivity index (χ0) is 8.39. The molecule has 1 amide bonds. The molecule has 0 aliphatic rings. The van der Waals surface area contributed by atoms with E-state index in [4.69, 9.17) is 0 Å². The third-order valence-electron chi connectivity index (χ3n) is 1.37. The van der Waals surface area contributed by atoms with E-state index < -0.39 is 0 Å². The van der Waals surface area contributed by atoms with Crippen molar-refractivity contribution in [1.29, 1.82) is 0 Å². The fourth-order valence-electron chi connectivity index (χ4n) is 0.892. The largest absolute Gasteiger partial charge is 0.305 e. The molecule has 0 unspecified atom stereocenters. The van der Waals surface area contributed by atoms with Crippen molar-refractivity contribution in [2.24, 2.45) is 0 Å². The molecule has 0 radical (unpaired) electrons. The molecule has 2 heterocycles. The predicted molar refractivity (Wildman–Crippen MR) is 47.1 cm³/mol. The average molecular weight is 179 g/mol. The lowest BCUT2D eigenvalue weighted by Gasteiger charge is -1.83. The van der Waals surface area contributed by atoms with Crippen LogP contribution in [-0.2, 0) is 4.79 Å². The molecule has 0 aromatic carbocycles. The molecule has 5 heteroatoms. The van der Waals surface area contributed by atoms with Crippen molar-refractivity contribution in [3.63, 3.8) is 0 Å². The fraction of sp³-hybridized carbons (Fsp3) is 0. The van der Waals surface area contributed by atoms with Crippen molar-refractivity contribution in [1.82, 2.24) is 9.97 Å². The summed E-state index contributed by atoms with van der Waals surface area (Å²) in [5, 5.41) is 3.10. The van der Waals surface area contributed by atoms with Crippen LogP contribution in [0, 0.1) is 0 Å². The van der Waals surface area contributed by atoms with E-state index in [1.165, 1.54) is 11.3 Å². The average Bonchev–Trinajstić information content (AvgIpc) is 2.47. The van der Waals surface area contributed by atoms with E-state index in [2.05, 4.69) is 15.3 Å². The Morgan fingerprint density at radius 2 is 2.50 bits per heavy atom. The molecule has 2 aromatic rings. The second kappa shape index (κ2) is 2.86. The highest BCUT2D eigenvalue weighted by molar-refractivity contribution is 7.22. The van der Waals surface area contributed by atoms with Gasteiger partial charge in [0, 0.05) is 6.20 Å². The summed E-state index contributed by atoms with van der Waals surface area (Å²) in [4.78, 5) is 18.1. The van der Waals surface area contributed by atoms with E-state index in [0.717, 1.165) is 10.2 Å². The fourth-order valence-corrected chi connectivity index (χ4v) is 1.68. The zero-order valence-electron chi connectivity index (χ0n) is 6.02. The zero-order valence-corrected chi connectivity index (χ0v) is 6.84. The maximum atomic E-state index is 10.1. The molecular weight excluding hydrogens is 174 g/mol. The first-order valence-corrected chi connectivity index (χ1v) is 4.12. The van der Waals surface area contributed by atoms with Gasteiger partial charge in [-0.2, -0.15) is 0 Å². The van der Waals surface area contributed by atoms with E-state index >= 15 is 0 Å². The van der Waals surface area contributed by atoms with Crippen molar-refractivity contribution < 1.29 is 4.79 Å². The number of carbonyl (C=O) groups is 1. The van der Waals surface area contributed by atoms with Crippen molar-refractivity contribution in [3.05, 3.63) is 18.5 Å². The number of carbonyl (C=O) groups excluding carboxylic acids is 1. The molecule has 0 fully saturated rings. The van der Waals surface area contributed by atoms with Gasteiger partial charge in [-0.05, 0) is 6.07 Å². The van der Waals surface area contributed by atoms with Gasteiger partial charge in [0.1, 0.15) is 5.52 Å². The van der Waals surface area contributed by atoms with Gasteiger partial charge in [-0.15, -0.1) is 0 Å².